The summed E-state index contributed by atoms with van der Waals surface area (Å²) in [6.07, 6.45) is 0.286. The van der Waals surface area contributed by atoms with Gasteiger partial charge in [-0.25, -0.2) is 0 Å². The number of carbonyl (C=O) groups excluding carboxylic acids is 1. The normalized spacial score (nSPS) is 12.5. The molecule has 1 unspecified atom stereocenters. The number of nitrogens with one attached hydrogen (secondary N) is 1. The molecule has 0 aliphatic carbocycles. The molecule has 4 nitrogen and oxygen atoms in total. The molecule has 1 aromatic rings. The van der Waals surface area contributed by atoms with Gasteiger partial charge in [-0.05, 0) is 30.7 Å². The van der Waals surface area contributed by atoms with Gasteiger partial charge in [0.15, 0.2) is 0 Å². The number of benzene rings is 1. The number of carbonyl (C=O) groups is 1. The van der Waals surface area contributed by atoms with Gasteiger partial charge in [-0.2, -0.15) is 0 Å². The highest BCUT2D eigenvalue weighted by Gasteiger charge is 2.15. The molecule has 0 fully saturated rings. The molecule has 0 aliphatic rings. The summed E-state index contributed by atoms with van der Waals surface area (Å²) in [6, 6.07) is 7.16. The second-order valence-electron chi connectivity index (χ2n) is 4.48. The molecule has 1 amide bonds. The lowest BCUT2D eigenvalue weighted by molar-refractivity contribution is -0.122. The number of nitrogens with zero attached hydrogens (tertiary/aromatic N) is 1. The maximum absolute atomic E-state index is 11.4. The number of aliphatic hydroxyl groups is 1. The molecule has 19 heavy (non-hydrogen) atoms. The number of amides is 1. The third kappa shape index (κ3) is 5.59. The molecule has 0 radical (unpaired) electrons. The average molecular weight is 285 g/mol. The summed E-state index contributed by atoms with van der Waals surface area (Å²) in [7, 11) is 1.61. The number of likely N-dealkylation sites (N-methyl/N-ethyl adjacent to an activating group) is 1. The predicted molar refractivity (Wildman–Crippen MR) is 77.2 cm³/mol. The van der Waals surface area contributed by atoms with E-state index < -0.39 is 6.10 Å². The van der Waals surface area contributed by atoms with Crippen molar-refractivity contribution < 1.29 is 9.90 Å². The minimum Gasteiger partial charge on any atom is -0.387 e. The van der Waals surface area contributed by atoms with E-state index in [1.54, 1.807) is 19.2 Å². The number of hydrogen-bond acceptors (Lipinski definition) is 3. The first-order valence-electron chi connectivity index (χ1n) is 6.43. The molecule has 0 aliphatic heterocycles. The van der Waals surface area contributed by atoms with E-state index in [9.17, 15) is 9.90 Å². The Morgan fingerprint density at radius 3 is 2.84 bits per heavy atom. The van der Waals surface area contributed by atoms with Crippen LogP contribution in [0.25, 0.3) is 0 Å². The van der Waals surface area contributed by atoms with E-state index in [4.69, 9.17) is 11.6 Å². The largest absolute Gasteiger partial charge is 0.387 e. The van der Waals surface area contributed by atoms with Gasteiger partial charge in [-0.1, -0.05) is 30.7 Å². The van der Waals surface area contributed by atoms with E-state index in [2.05, 4.69) is 5.32 Å². The molecule has 0 saturated heterocycles. The number of halogens is 1. The van der Waals surface area contributed by atoms with Gasteiger partial charge in [0.05, 0.1) is 12.6 Å². The van der Waals surface area contributed by atoms with Crippen LogP contribution in [0.1, 0.15) is 25.0 Å². The van der Waals surface area contributed by atoms with Crippen molar-refractivity contribution in [3.8, 4) is 0 Å². The van der Waals surface area contributed by atoms with Crippen molar-refractivity contribution in [3.63, 3.8) is 0 Å². The second kappa shape index (κ2) is 8.15. The third-order valence-electron chi connectivity index (χ3n) is 2.85. The van der Waals surface area contributed by atoms with Crippen LogP contribution < -0.4 is 5.32 Å². The zero-order chi connectivity index (χ0) is 14.3. The van der Waals surface area contributed by atoms with Gasteiger partial charge in [0.2, 0.25) is 5.91 Å². The SMILES string of the molecule is CCCN(CC(=O)NC)CC(O)c1cccc(Cl)c1. The Morgan fingerprint density at radius 2 is 2.26 bits per heavy atom. The fourth-order valence-electron chi connectivity index (χ4n) is 1.90. The van der Waals surface area contributed by atoms with Crippen molar-refractivity contribution in [2.24, 2.45) is 0 Å². The van der Waals surface area contributed by atoms with Crippen LogP contribution in [0.15, 0.2) is 24.3 Å². The minimum absolute atomic E-state index is 0.0493. The zero-order valence-corrected chi connectivity index (χ0v) is 12.2. The van der Waals surface area contributed by atoms with Gasteiger partial charge < -0.3 is 10.4 Å². The van der Waals surface area contributed by atoms with Gasteiger partial charge in [-0.3, -0.25) is 9.69 Å². The van der Waals surface area contributed by atoms with E-state index in [1.165, 1.54) is 0 Å². The molecule has 0 bridgehead atoms. The van der Waals surface area contributed by atoms with Gasteiger partial charge in [0, 0.05) is 18.6 Å². The third-order valence-corrected chi connectivity index (χ3v) is 3.09. The lowest BCUT2D eigenvalue weighted by Gasteiger charge is -2.24. The molecule has 0 saturated carbocycles. The van der Waals surface area contributed by atoms with Crippen LogP contribution in [0.2, 0.25) is 5.02 Å². The molecule has 1 atom stereocenters. The summed E-state index contributed by atoms with van der Waals surface area (Å²) in [6.45, 7) is 3.53. The smallest absolute Gasteiger partial charge is 0.233 e. The quantitative estimate of drug-likeness (QED) is 0.803. The van der Waals surface area contributed by atoms with Crippen molar-refractivity contribution in [2.45, 2.75) is 19.4 Å². The molecule has 0 spiro atoms. The molecular weight excluding hydrogens is 264 g/mol. The first kappa shape index (κ1) is 16.0. The van der Waals surface area contributed by atoms with Crippen LogP contribution in [0, 0.1) is 0 Å². The standard InChI is InChI=1S/C14H21ClN2O2/c1-3-7-17(10-14(19)16-2)9-13(18)11-5-4-6-12(15)8-11/h4-6,8,13,18H,3,7,9-10H2,1-2H3,(H,16,19). The highest BCUT2D eigenvalue weighted by molar-refractivity contribution is 6.30. The van der Waals surface area contributed by atoms with E-state index in [-0.39, 0.29) is 5.91 Å². The number of rotatable bonds is 7. The molecule has 0 aromatic heterocycles. The van der Waals surface area contributed by atoms with E-state index in [0.717, 1.165) is 18.5 Å². The van der Waals surface area contributed by atoms with Gasteiger partial charge >= 0.3 is 0 Å². The summed E-state index contributed by atoms with van der Waals surface area (Å²) >= 11 is 5.90. The molecular formula is C14H21ClN2O2. The molecule has 106 valence electrons. The first-order chi connectivity index (χ1) is 9.06. The molecule has 5 heteroatoms. The van der Waals surface area contributed by atoms with Crippen LogP contribution in [-0.2, 0) is 4.79 Å². The predicted octanol–water partition coefficient (Wildman–Crippen LogP) is 1.83. The van der Waals surface area contributed by atoms with Gasteiger partial charge in [-0.15, -0.1) is 0 Å². The monoisotopic (exact) mass is 284 g/mol. The zero-order valence-electron chi connectivity index (χ0n) is 11.4. The Hall–Kier alpha value is -1.10. The van der Waals surface area contributed by atoms with Crippen molar-refractivity contribution in [1.29, 1.82) is 0 Å². The van der Waals surface area contributed by atoms with Gasteiger partial charge in [0.25, 0.3) is 0 Å². The van der Waals surface area contributed by atoms with Crippen molar-refractivity contribution in [2.75, 3.05) is 26.7 Å². The van der Waals surface area contributed by atoms with Crippen LogP contribution in [-0.4, -0.2) is 42.6 Å². The topological polar surface area (TPSA) is 52.6 Å². The summed E-state index contributed by atoms with van der Waals surface area (Å²) in [4.78, 5) is 13.3. The minimum atomic E-state index is -0.644. The summed E-state index contributed by atoms with van der Waals surface area (Å²) in [5, 5.41) is 13.4. The van der Waals surface area contributed by atoms with Gasteiger partial charge in [0.1, 0.15) is 0 Å². The van der Waals surface area contributed by atoms with Crippen LogP contribution >= 0.6 is 11.6 Å². The molecule has 1 aromatic carbocycles. The first-order valence-corrected chi connectivity index (χ1v) is 6.81. The summed E-state index contributed by atoms with van der Waals surface area (Å²) in [5.74, 6) is -0.0493. The van der Waals surface area contributed by atoms with E-state index in [1.807, 2.05) is 24.0 Å². The molecule has 0 heterocycles. The van der Waals surface area contributed by atoms with E-state index >= 15 is 0 Å². The summed E-state index contributed by atoms with van der Waals surface area (Å²) in [5.41, 5.74) is 0.769. The fourth-order valence-corrected chi connectivity index (χ4v) is 2.10. The highest BCUT2D eigenvalue weighted by Crippen LogP contribution is 2.18. The van der Waals surface area contributed by atoms with Crippen molar-refractivity contribution in [1.82, 2.24) is 10.2 Å². The Kier molecular flexibility index (Phi) is 6.84. The molecule has 2 N–H and O–H groups in total. The number of aliphatic hydroxyl groups excluding tert-OH is 1. The summed E-state index contributed by atoms with van der Waals surface area (Å²) < 4.78 is 0. The van der Waals surface area contributed by atoms with Crippen molar-refractivity contribution in [3.05, 3.63) is 34.9 Å². The van der Waals surface area contributed by atoms with Crippen molar-refractivity contribution >= 4 is 17.5 Å². The Morgan fingerprint density at radius 1 is 1.53 bits per heavy atom. The Labute approximate surface area is 119 Å². The Balaban J connectivity index is 2.64. The fraction of sp³-hybridized carbons (Fsp3) is 0.500. The van der Waals surface area contributed by atoms with Crippen LogP contribution in [0.4, 0.5) is 0 Å². The maximum Gasteiger partial charge on any atom is 0.233 e. The lowest BCUT2D eigenvalue weighted by atomic mass is 10.1. The maximum atomic E-state index is 11.4. The lowest BCUT2D eigenvalue weighted by Crippen LogP contribution is -2.38. The second-order valence-corrected chi connectivity index (χ2v) is 4.92. The van der Waals surface area contributed by atoms with E-state index in [0.29, 0.717) is 18.1 Å². The average Bonchev–Trinajstić information content (AvgIpc) is 2.38. The molecule has 1 rings (SSSR count). The highest BCUT2D eigenvalue weighted by atomic mass is 35.5. The Bertz CT molecular complexity index is 412. The van der Waals surface area contributed by atoms with Crippen LogP contribution in [0.3, 0.4) is 0 Å². The number of hydrogen-bond donors (Lipinski definition) is 2. The van der Waals surface area contributed by atoms with Crippen LogP contribution in [0.5, 0.6) is 0 Å².